The number of benzene rings is 1. The smallest absolute Gasteiger partial charge is 0.410 e. The number of ether oxygens (including phenoxy) is 1. The molecule has 0 aliphatic heterocycles. The predicted octanol–water partition coefficient (Wildman–Crippen LogP) is 4.95. The maximum absolute atomic E-state index is 12.3. The monoisotopic (exact) mass is 477 g/mol. The van der Waals surface area contributed by atoms with E-state index in [1.54, 1.807) is 25.3 Å². The van der Waals surface area contributed by atoms with Crippen molar-refractivity contribution in [3.05, 3.63) is 70.5 Å². The lowest BCUT2D eigenvalue weighted by Gasteiger charge is -2.28. The Labute approximate surface area is 188 Å². The summed E-state index contributed by atoms with van der Waals surface area (Å²) in [7, 11) is 3.60. The molecule has 0 bridgehead atoms. The zero-order valence-electron chi connectivity index (χ0n) is 18.7. The molecule has 0 atom stereocenters. The zero-order valence-corrected chi connectivity index (χ0v) is 20.3. The maximum atomic E-state index is 12.3. The van der Waals surface area contributed by atoms with Gasteiger partial charge in [-0.15, -0.1) is 0 Å². The molecule has 0 unspecified atom stereocenters. The van der Waals surface area contributed by atoms with E-state index >= 15 is 0 Å². The van der Waals surface area contributed by atoms with Crippen LogP contribution in [0.1, 0.15) is 38.1 Å². The Balaban J connectivity index is 2.59. The molecule has 7 heteroatoms. The fourth-order valence-electron chi connectivity index (χ4n) is 2.37. The Bertz CT molecular complexity index is 823. The van der Waals surface area contributed by atoms with Gasteiger partial charge in [-0.25, -0.2) is 4.79 Å². The van der Waals surface area contributed by atoms with E-state index in [4.69, 9.17) is 4.74 Å². The third-order valence-corrected chi connectivity index (χ3v) is 4.69. The summed E-state index contributed by atoms with van der Waals surface area (Å²) in [5.41, 5.74) is 2.12. The van der Waals surface area contributed by atoms with Crippen molar-refractivity contribution in [1.82, 2.24) is 15.1 Å². The Morgan fingerprint density at radius 2 is 1.63 bits per heavy atom. The molecule has 164 valence electrons. The van der Waals surface area contributed by atoms with Crippen molar-refractivity contribution in [3.63, 3.8) is 0 Å². The molecule has 0 aliphatic carbocycles. The summed E-state index contributed by atoms with van der Waals surface area (Å²) in [6, 6.07) is 7.09. The number of amides is 2. The van der Waals surface area contributed by atoms with E-state index in [0.717, 1.165) is 15.7 Å². The highest BCUT2D eigenvalue weighted by Gasteiger charge is 2.19. The second-order valence-corrected chi connectivity index (χ2v) is 9.00. The molecule has 1 aromatic rings. The van der Waals surface area contributed by atoms with Crippen LogP contribution in [-0.4, -0.2) is 54.6 Å². The van der Waals surface area contributed by atoms with Gasteiger partial charge in [0.1, 0.15) is 5.60 Å². The van der Waals surface area contributed by atoms with Gasteiger partial charge in [-0.05, 0) is 63.6 Å². The predicted molar refractivity (Wildman–Crippen MR) is 125 cm³/mol. The van der Waals surface area contributed by atoms with Crippen LogP contribution in [0.2, 0.25) is 0 Å². The minimum absolute atomic E-state index is 0.227. The summed E-state index contributed by atoms with van der Waals surface area (Å²) in [6.07, 6.45) is 1.41. The third-order valence-electron chi connectivity index (χ3n) is 4.16. The fourth-order valence-corrected chi connectivity index (χ4v) is 2.63. The van der Waals surface area contributed by atoms with Gasteiger partial charge in [0.2, 0.25) is 0 Å². The van der Waals surface area contributed by atoms with Gasteiger partial charge >= 0.3 is 6.09 Å². The average molecular weight is 478 g/mol. The van der Waals surface area contributed by atoms with Crippen LogP contribution in [0.5, 0.6) is 0 Å². The normalized spacial score (nSPS) is 11.5. The molecule has 0 saturated heterocycles. The first-order chi connectivity index (χ1) is 13.8. The number of nitrogens with zero attached hydrogens (tertiary/aromatic N) is 2. The van der Waals surface area contributed by atoms with Crippen LogP contribution in [0.4, 0.5) is 4.79 Å². The molecule has 0 radical (unpaired) electrons. The van der Waals surface area contributed by atoms with Crippen LogP contribution < -0.4 is 5.32 Å². The van der Waals surface area contributed by atoms with Gasteiger partial charge < -0.3 is 19.9 Å². The number of carbonyl (C=O) groups excluding carboxylic acids is 2. The van der Waals surface area contributed by atoms with Crippen LogP contribution in [0.15, 0.2) is 64.9 Å². The van der Waals surface area contributed by atoms with E-state index in [2.05, 4.69) is 34.4 Å². The van der Waals surface area contributed by atoms with Gasteiger partial charge in [-0.2, -0.15) is 0 Å². The van der Waals surface area contributed by atoms with Crippen LogP contribution >= 0.6 is 15.9 Å². The van der Waals surface area contributed by atoms with Crippen molar-refractivity contribution < 1.29 is 14.3 Å². The molecule has 1 rings (SSSR count). The molecule has 2 amide bonds. The van der Waals surface area contributed by atoms with Crippen molar-refractivity contribution >= 4 is 27.9 Å². The molecule has 0 aliphatic rings. The Hall–Kier alpha value is -2.54. The van der Waals surface area contributed by atoms with E-state index in [-0.39, 0.29) is 12.0 Å². The fraction of sp³-hybridized carbons (Fsp3) is 0.391. The van der Waals surface area contributed by atoms with Gasteiger partial charge in [-0.3, -0.25) is 4.79 Å². The van der Waals surface area contributed by atoms with Crippen molar-refractivity contribution in [3.8, 4) is 0 Å². The highest BCUT2D eigenvalue weighted by atomic mass is 79.9. The zero-order chi connectivity index (χ0) is 23.1. The van der Waals surface area contributed by atoms with Gasteiger partial charge in [0.05, 0.1) is 0 Å². The minimum atomic E-state index is -0.527. The second-order valence-electron chi connectivity index (χ2n) is 8.08. The van der Waals surface area contributed by atoms with Gasteiger partial charge in [0, 0.05) is 48.6 Å². The van der Waals surface area contributed by atoms with E-state index in [1.165, 1.54) is 4.90 Å². The first kappa shape index (κ1) is 25.5. The average Bonchev–Trinajstić information content (AvgIpc) is 2.63. The highest BCUT2D eigenvalue weighted by molar-refractivity contribution is 9.10. The third kappa shape index (κ3) is 8.86. The molecule has 0 spiro atoms. The van der Waals surface area contributed by atoms with Gasteiger partial charge in [-0.1, -0.05) is 29.1 Å². The number of nitrogens with one attached hydrogen (secondary N) is 1. The number of carbonyl (C=O) groups is 2. The molecule has 1 aromatic carbocycles. The lowest BCUT2D eigenvalue weighted by Crippen LogP contribution is -2.38. The number of halogens is 1. The summed E-state index contributed by atoms with van der Waals surface area (Å²) in [5, 5.41) is 2.77. The number of likely N-dealkylation sites (N-methyl/N-ethyl adjacent to an activating group) is 2. The van der Waals surface area contributed by atoms with E-state index in [1.807, 2.05) is 51.8 Å². The Morgan fingerprint density at radius 1 is 1.10 bits per heavy atom. The quantitative estimate of drug-likeness (QED) is 0.537. The topological polar surface area (TPSA) is 61.9 Å². The van der Waals surface area contributed by atoms with E-state index in [0.29, 0.717) is 24.4 Å². The molecular formula is C23H32BrN3O3. The SMILES string of the molecule is C=C(/C=C(/C)C(=C)N(C)CCN(C)C(=O)OC(C)(C)C)NC(=O)c1ccc(Br)cc1. The highest BCUT2D eigenvalue weighted by Crippen LogP contribution is 2.14. The summed E-state index contributed by atoms with van der Waals surface area (Å²) >= 11 is 3.35. The molecule has 1 N–H and O–H groups in total. The van der Waals surface area contributed by atoms with Crippen molar-refractivity contribution in [1.29, 1.82) is 0 Å². The molecule has 30 heavy (non-hydrogen) atoms. The minimum Gasteiger partial charge on any atom is -0.444 e. The van der Waals surface area contributed by atoms with Crippen molar-refractivity contribution in [2.75, 3.05) is 27.2 Å². The summed E-state index contributed by atoms with van der Waals surface area (Å²) in [4.78, 5) is 27.8. The number of hydrogen-bond acceptors (Lipinski definition) is 4. The largest absolute Gasteiger partial charge is 0.444 e. The van der Waals surface area contributed by atoms with Gasteiger partial charge in [0.25, 0.3) is 5.91 Å². The Morgan fingerprint density at radius 3 is 2.17 bits per heavy atom. The van der Waals surface area contributed by atoms with Crippen molar-refractivity contribution in [2.45, 2.75) is 33.3 Å². The lowest BCUT2D eigenvalue weighted by atomic mass is 10.1. The first-order valence-corrected chi connectivity index (χ1v) is 10.4. The molecule has 0 fully saturated rings. The van der Waals surface area contributed by atoms with E-state index in [9.17, 15) is 9.59 Å². The molecule has 0 saturated carbocycles. The number of allylic oxidation sites excluding steroid dienone is 2. The summed E-state index contributed by atoms with van der Waals surface area (Å²) in [5.74, 6) is -0.227. The molecule has 6 nitrogen and oxygen atoms in total. The number of rotatable bonds is 8. The van der Waals surface area contributed by atoms with Crippen LogP contribution in [0, 0.1) is 0 Å². The molecule has 0 aromatic heterocycles. The van der Waals surface area contributed by atoms with Crippen LogP contribution in [-0.2, 0) is 4.74 Å². The number of hydrogen-bond donors (Lipinski definition) is 1. The van der Waals surface area contributed by atoms with Crippen LogP contribution in [0.3, 0.4) is 0 Å². The lowest BCUT2D eigenvalue weighted by molar-refractivity contribution is 0.0291. The van der Waals surface area contributed by atoms with E-state index < -0.39 is 5.60 Å². The molecule has 0 heterocycles. The van der Waals surface area contributed by atoms with Crippen molar-refractivity contribution in [2.24, 2.45) is 0 Å². The van der Waals surface area contributed by atoms with Gasteiger partial charge in [0.15, 0.2) is 0 Å². The van der Waals surface area contributed by atoms with Crippen LogP contribution in [0.25, 0.3) is 0 Å². The standard InChI is InChI=1S/C23H32BrN3O3/c1-16(15-17(2)25-21(28)19-9-11-20(24)12-10-19)18(3)26(7)13-14-27(8)22(29)30-23(4,5)6/h9-12,15H,2-3,13-14H2,1,4-8H3,(H,25,28)/b16-15-. The molecular weight excluding hydrogens is 446 g/mol. The summed E-state index contributed by atoms with van der Waals surface area (Å²) in [6.45, 7) is 16.5. The Kier molecular flexibility index (Phi) is 9.36. The second kappa shape index (κ2) is 11.0. The first-order valence-electron chi connectivity index (χ1n) is 9.59. The maximum Gasteiger partial charge on any atom is 0.410 e. The summed E-state index contributed by atoms with van der Waals surface area (Å²) < 4.78 is 6.26.